The summed E-state index contributed by atoms with van der Waals surface area (Å²) in [5, 5.41) is 5.58. The minimum absolute atomic E-state index is 0.0995. The van der Waals surface area contributed by atoms with Crippen LogP contribution in [0.3, 0.4) is 0 Å². The number of pyridine rings is 2. The van der Waals surface area contributed by atoms with Gasteiger partial charge in [0.15, 0.2) is 0 Å². The fourth-order valence-corrected chi connectivity index (χ4v) is 7.32. The Kier molecular flexibility index (Phi) is 6.52. The number of rotatable bonds is 4. The average molecular weight is 607 g/mol. The number of benzene rings is 1. The molecule has 3 aromatic rings. The van der Waals surface area contributed by atoms with Gasteiger partial charge < -0.3 is 20.3 Å². The number of anilines is 2. The van der Waals surface area contributed by atoms with Crippen molar-refractivity contribution in [2.45, 2.75) is 49.0 Å². The molecule has 3 aliphatic heterocycles. The zero-order valence-corrected chi connectivity index (χ0v) is 23.8. The van der Waals surface area contributed by atoms with Gasteiger partial charge in [0.05, 0.1) is 11.0 Å². The molecular formula is C31H29F3N6O4. The monoisotopic (exact) mass is 606 g/mol. The van der Waals surface area contributed by atoms with Crippen LogP contribution in [0.5, 0.6) is 0 Å². The third kappa shape index (κ3) is 4.28. The molecule has 0 bridgehead atoms. The Hall–Kier alpha value is -4.36. The van der Waals surface area contributed by atoms with Crippen LogP contribution in [0.4, 0.5) is 24.8 Å². The number of likely N-dealkylation sites (N-methyl/N-ethyl adjacent to an activating group) is 1. The largest absolute Gasteiger partial charge is 0.416 e. The second-order valence-electron chi connectivity index (χ2n) is 11.8. The molecule has 13 heteroatoms. The van der Waals surface area contributed by atoms with Crippen LogP contribution in [0.25, 0.3) is 0 Å². The molecule has 2 fully saturated rings. The van der Waals surface area contributed by atoms with Crippen molar-refractivity contribution in [3.63, 3.8) is 0 Å². The molecule has 2 N–H and O–H groups in total. The summed E-state index contributed by atoms with van der Waals surface area (Å²) in [5.41, 5.74) is -0.322. The molecule has 7 rings (SSSR count). The first-order chi connectivity index (χ1) is 21.0. The molecule has 2 spiro atoms. The number of amides is 3. The molecule has 5 heterocycles. The summed E-state index contributed by atoms with van der Waals surface area (Å²) in [6.07, 6.45) is -1.10. The number of nitrogens with one attached hydrogen (secondary N) is 2. The minimum atomic E-state index is -4.65. The number of ether oxygens (including phenoxy) is 1. The predicted molar refractivity (Wildman–Crippen MR) is 151 cm³/mol. The van der Waals surface area contributed by atoms with E-state index in [9.17, 15) is 27.6 Å². The van der Waals surface area contributed by atoms with Crippen molar-refractivity contribution in [3.05, 3.63) is 82.7 Å². The summed E-state index contributed by atoms with van der Waals surface area (Å²) in [7, 11) is 1.63. The smallest absolute Gasteiger partial charge is 0.381 e. The predicted octanol–water partition coefficient (Wildman–Crippen LogP) is 3.44. The number of carbonyl (C=O) groups excluding carboxylic acids is 3. The van der Waals surface area contributed by atoms with Gasteiger partial charge in [0.25, 0.3) is 0 Å². The van der Waals surface area contributed by atoms with E-state index in [1.807, 2.05) is 6.07 Å². The summed E-state index contributed by atoms with van der Waals surface area (Å²) < 4.78 is 47.8. The van der Waals surface area contributed by atoms with Crippen LogP contribution in [0.1, 0.15) is 46.8 Å². The molecule has 4 aliphatic rings. The first kappa shape index (κ1) is 28.4. The Labute approximate surface area is 250 Å². The lowest BCUT2D eigenvalue weighted by Gasteiger charge is -2.38. The third-order valence-electron chi connectivity index (χ3n) is 9.50. The molecule has 1 aliphatic carbocycles. The summed E-state index contributed by atoms with van der Waals surface area (Å²) in [6, 6.07) is 10.5. The number of hydrogen-bond donors (Lipinski definition) is 2. The molecular weight excluding hydrogens is 577 g/mol. The number of fused-ring (bicyclic) bond motifs is 3. The van der Waals surface area contributed by atoms with Crippen LogP contribution >= 0.6 is 0 Å². The first-order valence-corrected chi connectivity index (χ1v) is 14.4. The lowest BCUT2D eigenvalue weighted by atomic mass is 9.79. The second kappa shape index (κ2) is 10.1. The lowest BCUT2D eigenvalue weighted by Crippen LogP contribution is -2.51. The van der Waals surface area contributed by atoms with Gasteiger partial charge in [-0.05, 0) is 62.1 Å². The highest BCUT2D eigenvalue weighted by Gasteiger charge is 2.58. The van der Waals surface area contributed by atoms with Crippen molar-refractivity contribution in [1.82, 2.24) is 19.8 Å². The Bertz CT molecular complexity index is 1690. The zero-order valence-electron chi connectivity index (χ0n) is 23.8. The number of nitrogens with zero attached hydrogens (tertiary/aromatic N) is 4. The number of aromatic nitrogens is 2. The molecule has 10 nitrogen and oxygen atoms in total. The van der Waals surface area contributed by atoms with Gasteiger partial charge >= 0.3 is 6.18 Å². The van der Waals surface area contributed by atoms with Gasteiger partial charge in [-0.1, -0.05) is 24.3 Å². The van der Waals surface area contributed by atoms with Gasteiger partial charge in [0, 0.05) is 36.7 Å². The Morgan fingerprint density at radius 1 is 1.09 bits per heavy atom. The molecule has 2 saturated heterocycles. The normalized spacial score (nSPS) is 24.1. The molecule has 2 atom stereocenters. The van der Waals surface area contributed by atoms with E-state index >= 15 is 0 Å². The molecule has 2 aromatic heterocycles. The molecule has 3 amide bonds. The van der Waals surface area contributed by atoms with E-state index in [2.05, 4.69) is 20.6 Å². The standard InChI is InChI=1S/C31H29F3N6O4/c1-39-26(20-5-2-3-6-21(20)31(32,33)34)40(28(43)30(39)8-11-44-12-9-30)17-24(41)37-23-13-18-14-29(15-19(18)16-36-23)22-7-4-10-35-25(22)38-27(29)42/h2-7,10,13,16,26H,8-9,11-12,14-15,17H2,1H3,(H,35,38,42)(H,36,37,41). The maximum absolute atomic E-state index is 14.1. The van der Waals surface area contributed by atoms with Crippen LogP contribution in [0.15, 0.2) is 54.9 Å². The summed E-state index contributed by atoms with van der Waals surface area (Å²) in [4.78, 5) is 52.0. The van der Waals surface area contributed by atoms with Crippen molar-refractivity contribution in [2.24, 2.45) is 0 Å². The van der Waals surface area contributed by atoms with E-state index in [0.29, 0.717) is 31.5 Å². The van der Waals surface area contributed by atoms with Gasteiger partial charge in [-0.3, -0.25) is 19.3 Å². The number of halogens is 3. The van der Waals surface area contributed by atoms with E-state index in [4.69, 9.17) is 4.74 Å². The van der Waals surface area contributed by atoms with Crippen molar-refractivity contribution in [3.8, 4) is 0 Å². The SMILES string of the molecule is CN1C(c2ccccc2C(F)(F)F)N(CC(=O)Nc2cc3c(cn2)CC2(C3)C(=O)Nc3ncccc32)C(=O)C12CCOCC2. The Morgan fingerprint density at radius 3 is 2.61 bits per heavy atom. The van der Waals surface area contributed by atoms with E-state index in [-0.39, 0.29) is 30.5 Å². The fraction of sp³-hybridized carbons (Fsp3) is 0.387. The van der Waals surface area contributed by atoms with Gasteiger partial charge in [-0.15, -0.1) is 0 Å². The minimum Gasteiger partial charge on any atom is -0.381 e. The van der Waals surface area contributed by atoms with Crippen molar-refractivity contribution >= 4 is 29.4 Å². The van der Waals surface area contributed by atoms with Crippen LogP contribution in [0, 0.1) is 0 Å². The maximum atomic E-state index is 14.1. The highest BCUT2D eigenvalue weighted by molar-refractivity contribution is 6.06. The Balaban J connectivity index is 1.15. The fourth-order valence-electron chi connectivity index (χ4n) is 7.32. The van der Waals surface area contributed by atoms with Crippen molar-refractivity contribution in [2.75, 3.05) is 37.4 Å². The van der Waals surface area contributed by atoms with Crippen molar-refractivity contribution < 1.29 is 32.3 Å². The maximum Gasteiger partial charge on any atom is 0.416 e. The number of hydrogen-bond acceptors (Lipinski definition) is 7. The molecule has 2 unspecified atom stereocenters. The average Bonchev–Trinajstić information content (AvgIpc) is 3.58. The second-order valence-corrected chi connectivity index (χ2v) is 11.8. The Morgan fingerprint density at radius 2 is 1.84 bits per heavy atom. The topological polar surface area (TPSA) is 117 Å². The summed E-state index contributed by atoms with van der Waals surface area (Å²) >= 11 is 0. The third-order valence-corrected chi connectivity index (χ3v) is 9.50. The molecule has 0 radical (unpaired) electrons. The molecule has 0 saturated carbocycles. The van der Waals surface area contributed by atoms with E-state index in [0.717, 1.165) is 22.8 Å². The number of carbonyl (C=O) groups is 3. The van der Waals surface area contributed by atoms with Gasteiger partial charge in [-0.25, -0.2) is 9.97 Å². The van der Waals surface area contributed by atoms with Gasteiger partial charge in [0.1, 0.15) is 29.9 Å². The van der Waals surface area contributed by atoms with E-state index in [1.54, 1.807) is 36.5 Å². The zero-order chi connectivity index (χ0) is 30.9. The van der Waals surface area contributed by atoms with E-state index in [1.165, 1.54) is 23.1 Å². The quantitative estimate of drug-likeness (QED) is 0.468. The molecule has 44 heavy (non-hydrogen) atoms. The highest BCUT2D eigenvalue weighted by atomic mass is 19.4. The van der Waals surface area contributed by atoms with Crippen molar-refractivity contribution in [1.29, 1.82) is 0 Å². The molecule has 228 valence electrons. The van der Waals surface area contributed by atoms with Crippen LogP contribution in [-0.4, -0.2) is 69.8 Å². The van der Waals surface area contributed by atoms with Crippen LogP contribution in [0.2, 0.25) is 0 Å². The van der Waals surface area contributed by atoms with Gasteiger partial charge in [-0.2, -0.15) is 13.2 Å². The van der Waals surface area contributed by atoms with Crippen LogP contribution in [-0.2, 0) is 43.6 Å². The van der Waals surface area contributed by atoms with Crippen LogP contribution < -0.4 is 10.6 Å². The summed E-state index contributed by atoms with van der Waals surface area (Å²) in [5.74, 6) is -0.390. The molecule has 1 aromatic carbocycles. The summed E-state index contributed by atoms with van der Waals surface area (Å²) in [6.45, 7) is 0.0818. The van der Waals surface area contributed by atoms with E-state index < -0.39 is 47.2 Å². The number of alkyl halides is 3. The highest BCUT2D eigenvalue weighted by Crippen LogP contribution is 2.48. The van der Waals surface area contributed by atoms with Gasteiger partial charge in [0.2, 0.25) is 17.7 Å². The lowest BCUT2D eigenvalue weighted by molar-refractivity contribution is -0.141. The first-order valence-electron chi connectivity index (χ1n) is 14.4.